The van der Waals surface area contributed by atoms with Gasteiger partial charge in [-0.2, -0.15) is 0 Å². The Morgan fingerprint density at radius 1 is 1.20 bits per heavy atom. The number of hydrogen-bond donors (Lipinski definition) is 0. The standard InChI is InChI=1S/C11H13BrO3/c12-5-6-13-10-3-1-9(2-4-10)11-14-7-8-15-11/h1-4,11H,5-8H2. The van der Waals surface area contributed by atoms with Gasteiger partial charge in [0, 0.05) is 10.9 Å². The first-order valence-corrected chi connectivity index (χ1v) is 6.04. The van der Waals surface area contributed by atoms with Crippen molar-refractivity contribution < 1.29 is 14.2 Å². The summed E-state index contributed by atoms with van der Waals surface area (Å²) in [6.07, 6.45) is -0.199. The van der Waals surface area contributed by atoms with Crippen LogP contribution < -0.4 is 4.74 Å². The van der Waals surface area contributed by atoms with E-state index in [1.807, 2.05) is 24.3 Å². The van der Waals surface area contributed by atoms with E-state index in [0.717, 1.165) is 16.6 Å². The summed E-state index contributed by atoms with van der Waals surface area (Å²) in [6.45, 7) is 2.02. The lowest BCUT2D eigenvalue weighted by molar-refractivity contribution is -0.0441. The van der Waals surface area contributed by atoms with Crippen LogP contribution in [0.1, 0.15) is 11.9 Å². The molecule has 15 heavy (non-hydrogen) atoms. The highest BCUT2D eigenvalue weighted by Crippen LogP contribution is 2.24. The van der Waals surface area contributed by atoms with E-state index in [1.165, 1.54) is 0 Å². The lowest BCUT2D eigenvalue weighted by Gasteiger charge is -2.10. The Hall–Kier alpha value is -0.580. The van der Waals surface area contributed by atoms with Crippen LogP contribution >= 0.6 is 15.9 Å². The molecule has 0 N–H and O–H groups in total. The summed E-state index contributed by atoms with van der Waals surface area (Å²) in [7, 11) is 0. The van der Waals surface area contributed by atoms with E-state index < -0.39 is 0 Å². The molecule has 0 radical (unpaired) electrons. The largest absolute Gasteiger partial charge is 0.493 e. The number of rotatable bonds is 4. The highest BCUT2D eigenvalue weighted by atomic mass is 79.9. The molecule has 1 aromatic carbocycles. The second-order valence-corrected chi connectivity index (χ2v) is 3.97. The minimum atomic E-state index is -0.199. The van der Waals surface area contributed by atoms with Crippen LogP contribution in [0.5, 0.6) is 5.75 Å². The van der Waals surface area contributed by atoms with Crippen molar-refractivity contribution in [3.05, 3.63) is 29.8 Å². The number of halogens is 1. The molecule has 0 aromatic heterocycles. The lowest BCUT2D eigenvalue weighted by Crippen LogP contribution is -2.00. The second kappa shape index (κ2) is 5.49. The second-order valence-electron chi connectivity index (χ2n) is 3.18. The van der Waals surface area contributed by atoms with Gasteiger partial charge in [0.15, 0.2) is 6.29 Å². The molecule has 1 fully saturated rings. The van der Waals surface area contributed by atoms with Crippen LogP contribution in [0.2, 0.25) is 0 Å². The minimum absolute atomic E-state index is 0.199. The number of alkyl halides is 1. The molecule has 0 unspecified atom stereocenters. The third-order valence-corrected chi connectivity index (χ3v) is 2.44. The van der Waals surface area contributed by atoms with Crippen molar-refractivity contribution >= 4 is 15.9 Å². The maximum Gasteiger partial charge on any atom is 0.184 e. The monoisotopic (exact) mass is 272 g/mol. The molecule has 0 aliphatic carbocycles. The SMILES string of the molecule is BrCCOc1ccc(C2OCCO2)cc1. The third kappa shape index (κ3) is 2.93. The van der Waals surface area contributed by atoms with Crippen molar-refractivity contribution in [1.29, 1.82) is 0 Å². The molecular formula is C11H13BrO3. The maximum absolute atomic E-state index is 5.44. The van der Waals surface area contributed by atoms with E-state index in [2.05, 4.69) is 15.9 Å². The highest BCUT2D eigenvalue weighted by Gasteiger charge is 2.17. The zero-order valence-corrected chi connectivity index (χ0v) is 9.90. The molecule has 3 nitrogen and oxygen atoms in total. The van der Waals surface area contributed by atoms with Gasteiger partial charge < -0.3 is 14.2 Å². The van der Waals surface area contributed by atoms with Gasteiger partial charge >= 0.3 is 0 Å². The average Bonchev–Trinajstić information content (AvgIpc) is 2.80. The molecule has 1 aliphatic heterocycles. The zero-order valence-electron chi connectivity index (χ0n) is 8.32. The van der Waals surface area contributed by atoms with Crippen LogP contribution in [0.15, 0.2) is 24.3 Å². The topological polar surface area (TPSA) is 27.7 Å². The molecule has 1 aromatic rings. The molecule has 1 heterocycles. The van der Waals surface area contributed by atoms with Gasteiger partial charge in [-0.25, -0.2) is 0 Å². The summed E-state index contributed by atoms with van der Waals surface area (Å²) in [4.78, 5) is 0. The first kappa shape index (κ1) is 10.9. The van der Waals surface area contributed by atoms with Gasteiger partial charge in [-0.15, -0.1) is 0 Å². The van der Waals surface area contributed by atoms with Gasteiger partial charge in [-0.05, 0) is 12.1 Å². The van der Waals surface area contributed by atoms with Crippen molar-refractivity contribution in [2.45, 2.75) is 6.29 Å². The van der Waals surface area contributed by atoms with Gasteiger partial charge in [0.25, 0.3) is 0 Å². The third-order valence-electron chi connectivity index (χ3n) is 2.12. The fourth-order valence-electron chi connectivity index (χ4n) is 1.43. The predicted molar refractivity (Wildman–Crippen MR) is 60.4 cm³/mol. The molecule has 1 aliphatic rings. The van der Waals surface area contributed by atoms with Crippen molar-refractivity contribution in [3.8, 4) is 5.75 Å². The van der Waals surface area contributed by atoms with Gasteiger partial charge in [-0.3, -0.25) is 0 Å². The summed E-state index contributed by atoms with van der Waals surface area (Å²) in [5.74, 6) is 0.871. The molecule has 4 heteroatoms. The number of ether oxygens (including phenoxy) is 3. The van der Waals surface area contributed by atoms with Gasteiger partial charge in [0.05, 0.1) is 19.8 Å². The smallest absolute Gasteiger partial charge is 0.184 e. The Labute approximate surface area is 97.5 Å². The van der Waals surface area contributed by atoms with Crippen molar-refractivity contribution in [1.82, 2.24) is 0 Å². The van der Waals surface area contributed by atoms with E-state index in [9.17, 15) is 0 Å². The summed E-state index contributed by atoms with van der Waals surface area (Å²) >= 11 is 3.31. The number of benzene rings is 1. The molecule has 0 amide bonds. The Morgan fingerprint density at radius 2 is 1.87 bits per heavy atom. The average molecular weight is 273 g/mol. The molecule has 2 rings (SSSR count). The minimum Gasteiger partial charge on any atom is -0.493 e. The van der Waals surface area contributed by atoms with Crippen LogP contribution in [-0.2, 0) is 9.47 Å². The highest BCUT2D eigenvalue weighted by molar-refractivity contribution is 9.09. The Balaban J connectivity index is 1.96. The lowest BCUT2D eigenvalue weighted by atomic mass is 10.2. The van der Waals surface area contributed by atoms with Crippen LogP contribution in [0.25, 0.3) is 0 Å². The predicted octanol–water partition coefficient (Wildman–Crippen LogP) is 2.51. The van der Waals surface area contributed by atoms with Gasteiger partial charge in [0.1, 0.15) is 5.75 Å². The van der Waals surface area contributed by atoms with Crippen LogP contribution in [0.3, 0.4) is 0 Å². The Kier molecular flexibility index (Phi) is 4.00. The first-order chi connectivity index (χ1) is 7.40. The Bertz CT molecular complexity index is 293. The molecule has 0 bridgehead atoms. The normalized spacial score (nSPS) is 16.9. The molecule has 82 valence electrons. The molecule has 0 saturated carbocycles. The van der Waals surface area contributed by atoms with E-state index in [1.54, 1.807) is 0 Å². The summed E-state index contributed by atoms with van der Waals surface area (Å²) < 4.78 is 16.2. The van der Waals surface area contributed by atoms with E-state index in [4.69, 9.17) is 14.2 Å². The number of hydrogen-bond acceptors (Lipinski definition) is 3. The van der Waals surface area contributed by atoms with E-state index in [-0.39, 0.29) is 6.29 Å². The summed E-state index contributed by atoms with van der Waals surface area (Å²) in [5.41, 5.74) is 1.04. The maximum atomic E-state index is 5.44. The van der Waals surface area contributed by atoms with Crippen LogP contribution in [0, 0.1) is 0 Å². The van der Waals surface area contributed by atoms with Crippen molar-refractivity contribution in [2.75, 3.05) is 25.2 Å². The molecule has 1 saturated heterocycles. The fourth-order valence-corrected chi connectivity index (χ4v) is 1.59. The Morgan fingerprint density at radius 3 is 2.47 bits per heavy atom. The van der Waals surface area contributed by atoms with Crippen molar-refractivity contribution in [2.24, 2.45) is 0 Å². The first-order valence-electron chi connectivity index (χ1n) is 4.92. The van der Waals surface area contributed by atoms with Gasteiger partial charge in [0.2, 0.25) is 0 Å². The summed E-state index contributed by atoms with van der Waals surface area (Å²) in [5, 5.41) is 0.837. The zero-order chi connectivity index (χ0) is 10.5. The van der Waals surface area contributed by atoms with E-state index >= 15 is 0 Å². The van der Waals surface area contributed by atoms with Crippen LogP contribution in [-0.4, -0.2) is 25.2 Å². The van der Waals surface area contributed by atoms with Gasteiger partial charge in [-0.1, -0.05) is 28.1 Å². The fraction of sp³-hybridized carbons (Fsp3) is 0.455. The van der Waals surface area contributed by atoms with E-state index in [0.29, 0.717) is 19.8 Å². The molecule has 0 atom stereocenters. The molecule has 0 spiro atoms. The van der Waals surface area contributed by atoms with Crippen LogP contribution in [0.4, 0.5) is 0 Å². The molecular weight excluding hydrogens is 260 g/mol. The quantitative estimate of drug-likeness (QED) is 0.789. The summed E-state index contributed by atoms with van der Waals surface area (Å²) in [6, 6.07) is 7.81. The van der Waals surface area contributed by atoms with Crippen molar-refractivity contribution in [3.63, 3.8) is 0 Å².